The number of piperidine rings is 1. The number of hydrogen-bond donors (Lipinski definition) is 2. The molecule has 1 amide bonds. The van der Waals surface area contributed by atoms with Crippen molar-refractivity contribution in [3.63, 3.8) is 0 Å². The molecular formula is C14H21Cl2N5OS. The molecule has 1 fully saturated rings. The summed E-state index contributed by atoms with van der Waals surface area (Å²) >= 11 is 1.58. The fourth-order valence-corrected chi connectivity index (χ4v) is 3.35. The van der Waals surface area contributed by atoms with Crippen molar-refractivity contribution in [3.8, 4) is 0 Å². The first kappa shape index (κ1) is 19.9. The molecule has 0 spiro atoms. The molecule has 0 aliphatic carbocycles. The molecule has 1 aliphatic heterocycles. The molecule has 1 saturated heterocycles. The molecular weight excluding hydrogens is 357 g/mol. The molecule has 3 heterocycles. The second kappa shape index (κ2) is 9.22. The Balaban J connectivity index is 0.00000132. The molecule has 0 atom stereocenters. The van der Waals surface area contributed by atoms with Crippen LogP contribution in [-0.4, -0.2) is 40.3 Å². The third-order valence-corrected chi connectivity index (χ3v) is 4.58. The maximum Gasteiger partial charge on any atom is 0.248 e. The number of carbonyl (C=O) groups excluding carboxylic acids is 1. The summed E-state index contributed by atoms with van der Waals surface area (Å²) in [4.78, 5) is 17.0. The average molecular weight is 378 g/mol. The predicted molar refractivity (Wildman–Crippen MR) is 95.6 cm³/mol. The lowest BCUT2D eigenvalue weighted by atomic mass is 9.87. The van der Waals surface area contributed by atoms with E-state index >= 15 is 0 Å². The minimum absolute atomic E-state index is 0. The second-order valence-electron chi connectivity index (χ2n) is 5.22. The van der Waals surface area contributed by atoms with Crippen molar-refractivity contribution in [1.82, 2.24) is 25.4 Å². The number of aromatic nitrogens is 3. The van der Waals surface area contributed by atoms with Crippen LogP contribution in [0.2, 0.25) is 0 Å². The van der Waals surface area contributed by atoms with Crippen molar-refractivity contribution in [2.75, 3.05) is 19.6 Å². The SMILES string of the molecule is Cl.Cl.O=C(NCCc1cscn1)C1(n2cccn2)CCNCC1. The summed E-state index contributed by atoms with van der Waals surface area (Å²) in [5.41, 5.74) is 2.28. The normalized spacial score (nSPS) is 16.0. The van der Waals surface area contributed by atoms with Crippen molar-refractivity contribution < 1.29 is 4.79 Å². The third kappa shape index (κ3) is 4.44. The molecule has 0 aromatic carbocycles. The van der Waals surface area contributed by atoms with E-state index in [0.29, 0.717) is 6.54 Å². The Hall–Kier alpha value is -1.15. The van der Waals surface area contributed by atoms with Gasteiger partial charge in [0.05, 0.1) is 11.2 Å². The summed E-state index contributed by atoms with van der Waals surface area (Å²) in [5.74, 6) is 0.0583. The molecule has 0 unspecified atom stereocenters. The Kier molecular flexibility index (Phi) is 7.98. The molecule has 1 aliphatic rings. The standard InChI is InChI=1S/C14H19N5OS.2ClH/c20-13(16-6-2-12-10-21-11-17-12)14(3-7-15-8-4-14)19-9-1-5-18-19;;/h1,5,9-11,15H,2-4,6-8H2,(H,16,20);2*1H. The summed E-state index contributed by atoms with van der Waals surface area (Å²) in [6.45, 7) is 2.28. The molecule has 9 heteroatoms. The maximum absolute atomic E-state index is 12.7. The highest BCUT2D eigenvalue weighted by Crippen LogP contribution is 2.27. The quantitative estimate of drug-likeness (QED) is 0.830. The topological polar surface area (TPSA) is 71.8 Å². The van der Waals surface area contributed by atoms with Crippen LogP contribution in [0.25, 0.3) is 0 Å². The van der Waals surface area contributed by atoms with Gasteiger partial charge in [0.1, 0.15) is 5.54 Å². The summed E-state index contributed by atoms with van der Waals surface area (Å²) in [7, 11) is 0. The Morgan fingerprint density at radius 2 is 2.17 bits per heavy atom. The molecule has 0 saturated carbocycles. The van der Waals surface area contributed by atoms with Crippen LogP contribution >= 0.6 is 36.2 Å². The highest BCUT2D eigenvalue weighted by molar-refractivity contribution is 7.07. The lowest BCUT2D eigenvalue weighted by molar-refractivity contribution is -0.131. The van der Waals surface area contributed by atoms with Crippen molar-refractivity contribution in [2.45, 2.75) is 24.8 Å². The summed E-state index contributed by atoms with van der Waals surface area (Å²) < 4.78 is 1.81. The van der Waals surface area contributed by atoms with Gasteiger partial charge in [-0.2, -0.15) is 5.10 Å². The van der Waals surface area contributed by atoms with Crippen molar-refractivity contribution in [1.29, 1.82) is 0 Å². The van der Waals surface area contributed by atoms with Crippen LogP contribution < -0.4 is 10.6 Å². The number of carbonyl (C=O) groups is 1. The van der Waals surface area contributed by atoms with Gasteiger partial charge in [-0.25, -0.2) is 4.98 Å². The van der Waals surface area contributed by atoms with E-state index in [1.165, 1.54) is 0 Å². The van der Waals surface area contributed by atoms with Crippen LogP contribution in [0.15, 0.2) is 29.4 Å². The summed E-state index contributed by atoms with van der Waals surface area (Å²) in [5, 5.41) is 12.7. The van der Waals surface area contributed by atoms with Gasteiger partial charge >= 0.3 is 0 Å². The smallest absolute Gasteiger partial charge is 0.248 e. The number of thiazole rings is 1. The van der Waals surface area contributed by atoms with E-state index in [2.05, 4.69) is 20.7 Å². The van der Waals surface area contributed by atoms with Gasteiger partial charge in [-0.15, -0.1) is 36.2 Å². The van der Waals surface area contributed by atoms with Crippen LogP contribution in [0.1, 0.15) is 18.5 Å². The zero-order valence-electron chi connectivity index (χ0n) is 12.6. The number of hydrogen-bond acceptors (Lipinski definition) is 5. The second-order valence-corrected chi connectivity index (χ2v) is 5.94. The molecule has 3 rings (SSSR count). The van der Waals surface area contributed by atoms with E-state index in [1.54, 1.807) is 17.5 Å². The fourth-order valence-electron chi connectivity index (χ4n) is 2.75. The minimum atomic E-state index is -0.559. The highest BCUT2D eigenvalue weighted by Gasteiger charge is 2.41. The Morgan fingerprint density at radius 3 is 2.78 bits per heavy atom. The van der Waals surface area contributed by atoms with E-state index in [9.17, 15) is 4.79 Å². The van der Waals surface area contributed by atoms with Gasteiger partial charge < -0.3 is 10.6 Å². The highest BCUT2D eigenvalue weighted by atomic mass is 35.5. The van der Waals surface area contributed by atoms with E-state index in [4.69, 9.17) is 0 Å². The van der Waals surface area contributed by atoms with Crippen LogP contribution in [-0.2, 0) is 16.8 Å². The van der Waals surface area contributed by atoms with Crippen molar-refractivity contribution in [3.05, 3.63) is 35.0 Å². The van der Waals surface area contributed by atoms with E-state index in [-0.39, 0.29) is 30.7 Å². The van der Waals surface area contributed by atoms with Gasteiger partial charge in [0.15, 0.2) is 0 Å². The molecule has 2 N–H and O–H groups in total. The van der Waals surface area contributed by atoms with E-state index in [1.807, 2.05) is 27.8 Å². The molecule has 2 aromatic rings. The number of rotatable bonds is 5. The first-order chi connectivity index (χ1) is 10.3. The minimum Gasteiger partial charge on any atom is -0.354 e. The maximum atomic E-state index is 12.7. The van der Waals surface area contributed by atoms with Gasteiger partial charge in [-0.3, -0.25) is 9.48 Å². The predicted octanol–water partition coefficient (Wildman–Crippen LogP) is 1.62. The monoisotopic (exact) mass is 377 g/mol. The van der Waals surface area contributed by atoms with Crippen molar-refractivity contribution in [2.24, 2.45) is 0 Å². The number of amides is 1. The zero-order valence-corrected chi connectivity index (χ0v) is 15.1. The summed E-state index contributed by atoms with van der Waals surface area (Å²) in [6, 6.07) is 1.87. The van der Waals surface area contributed by atoms with Crippen LogP contribution in [0.4, 0.5) is 0 Å². The number of halogens is 2. The molecule has 128 valence electrons. The molecule has 0 radical (unpaired) electrons. The van der Waals surface area contributed by atoms with Crippen molar-refractivity contribution >= 4 is 42.1 Å². The average Bonchev–Trinajstić information content (AvgIpc) is 3.21. The van der Waals surface area contributed by atoms with Gasteiger partial charge in [0.2, 0.25) is 5.91 Å². The Bertz CT molecular complexity index is 570. The molecule has 2 aromatic heterocycles. The van der Waals surface area contributed by atoms with E-state index < -0.39 is 5.54 Å². The molecule has 0 bridgehead atoms. The van der Waals surface area contributed by atoms with E-state index in [0.717, 1.165) is 38.0 Å². The first-order valence-electron chi connectivity index (χ1n) is 7.17. The number of nitrogens with one attached hydrogen (secondary N) is 2. The molecule has 6 nitrogen and oxygen atoms in total. The van der Waals surface area contributed by atoms with Gasteiger partial charge in [-0.1, -0.05) is 0 Å². The molecule has 23 heavy (non-hydrogen) atoms. The third-order valence-electron chi connectivity index (χ3n) is 3.95. The van der Waals surface area contributed by atoms with Crippen LogP contribution in [0, 0.1) is 0 Å². The fraction of sp³-hybridized carbons (Fsp3) is 0.500. The zero-order chi connectivity index (χ0) is 14.5. The lowest BCUT2D eigenvalue weighted by Crippen LogP contribution is -2.54. The van der Waals surface area contributed by atoms with Crippen LogP contribution in [0.3, 0.4) is 0 Å². The lowest BCUT2D eigenvalue weighted by Gasteiger charge is -2.36. The van der Waals surface area contributed by atoms with Gasteiger partial charge in [0.25, 0.3) is 0 Å². The summed E-state index contributed by atoms with van der Waals surface area (Å²) in [6.07, 6.45) is 5.90. The van der Waals surface area contributed by atoms with Gasteiger partial charge in [-0.05, 0) is 32.0 Å². The van der Waals surface area contributed by atoms with Gasteiger partial charge in [0, 0.05) is 30.7 Å². The van der Waals surface area contributed by atoms with Crippen LogP contribution in [0.5, 0.6) is 0 Å². The Morgan fingerprint density at radius 1 is 1.39 bits per heavy atom. The largest absolute Gasteiger partial charge is 0.354 e. The Labute approximate surface area is 151 Å². The first-order valence-corrected chi connectivity index (χ1v) is 8.12. The number of nitrogens with zero attached hydrogens (tertiary/aromatic N) is 3.